The first kappa shape index (κ1) is 17.0. The number of aryl methyl sites for hydroxylation is 1. The molecule has 22 heavy (non-hydrogen) atoms. The molecule has 1 saturated carbocycles. The van der Waals surface area contributed by atoms with Crippen LogP contribution in [0.1, 0.15) is 31.7 Å². The summed E-state index contributed by atoms with van der Waals surface area (Å²) < 4.78 is 5.90. The molecule has 1 aliphatic rings. The third-order valence-electron chi connectivity index (χ3n) is 4.10. The topological polar surface area (TPSA) is 50.4 Å². The summed E-state index contributed by atoms with van der Waals surface area (Å²) in [6.07, 6.45) is 4.46. The highest BCUT2D eigenvalue weighted by atomic mass is 16.5. The number of hydrogen-bond acceptors (Lipinski definition) is 4. The van der Waals surface area contributed by atoms with Gasteiger partial charge in [-0.2, -0.15) is 0 Å². The second-order valence-electron chi connectivity index (χ2n) is 6.04. The van der Waals surface area contributed by atoms with E-state index in [0.717, 1.165) is 25.1 Å². The fourth-order valence-corrected chi connectivity index (χ4v) is 2.75. The first-order valence-electron chi connectivity index (χ1n) is 8.31. The maximum absolute atomic E-state index is 11.6. The van der Waals surface area contributed by atoms with E-state index in [-0.39, 0.29) is 11.8 Å². The molecule has 0 heterocycles. The number of Topliss-reactive ketones (excluding diaryl/α,β-unsaturated/α-hetero) is 1. The molecule has 0 bridgehead atoms. The molecule has 2 rings (SSSR count). The van der Waals surface area contributed by atoms with Gasteiger partial charge in [-0.25, -0.2) is 0 Å². The molecule has 0 aliphatic heterocycles. The molecule has 1 atom stereocenters. The van der Waals surface area contributed by atoms with Gasteiger partial charge in [-0.15, -0.1) is 0 Å². The summed E-state index contributed by atoms with van der Waals surface area (Å²) in [6.45, 7) is 4.00. The highest BCUT2D eigenvalue weighted by molar-refractivity contribution is 5.82. The minimum Gasteiger partial charge on any atom is -0.492 e. The summed E-state index contributed by atoms with van der Waals surface area (Å²) in [5.74, 6) is 1.76. The maximum atomic E-state index is 11.6. The Morgan fingerprint density at radius 1 is 1.32 bits per heavy atom. The Balaban J connectivity index is 1.75. The van der Waals surface area contributed by atoms with E-state index < -0.39 is 0 Å². The molecule has 122 valence electrons. The fourth-order valence-electron chi connectivity index (χ4n) is 2.75. The summed E-state index contributed by atoms with van der Waals surface area (Å²) in [7, 11) is 1.97. The SMILES string of the molecule is CNCCCc1ccccc1OCCN[C@H](C(C)=O)C1CC1. The minimum atomic E-state index is 0.0227. The molecular weight excluding hydrogens is 276 g/mol. The molecule has 0 unspecified atom stereocenters. The number of ketones is 1. The van der Waals surface area contributed by atoms with Crippen molar-refractivity contribution in [3.8, 4) is 5.75 Å². The lowest BCUT2D eigenvalue weighted by atomic mass is 10.1. The van der Waals surface area contributed by atoms with Gasteiger partial charge in [0.25, 0.3) is 0 Å². The van der Waals surface area contributed by atoms with Crippen molar-refractivity contribution < 1.29 is 9.53 Å². The van der Waals surface area contributed by atoms with Crippen LogP contribution < -0.4 is 15.4 Å². The van der Waals surface area contributed by atoms with E-state index in [2.05, 4.69) is 22.8 Å². The van der Waals surface area contributed by atoms with Gasteiger partial charge in [0.1, 0.15) is 18.1 Å². The van der Waals surface area contributed by atoms with Crippen LogP contribution in [-0.4, -0.2) is 38.6 Å². The predicted octanol–water partition coefficient (Wildman–Crippen LogP) is 2.17. The molecule has 2 N–H and O–H groups in total. The fraction of sp³-hybridized carbons (Fsp3) is 0.611. The highest BCUT2D eigenvalue weighted by Gasteiger charge is 2.33. The van der Waals surface area contributed by atoms with Crippen molar-refractivity contribution in [2.45, 2.75) is 38.6 Å². The summed E-state index contributed by atoms with van der Waals surface area (Å²) in [5.41, 5.74) is 1.25. The van der Waals surface area contributed by atoms with Crippen LogP contribution in [-0.2, 0) is 11.2 Å². The van der Waals surface area contributed by atoms with Crippen molar-refractivity contribution in [2.75, 3.05) is 26.7 Å². The quantitative estimate of drug-likeness (QED) is 0.615. The summed E-state index contributed by atoms with van der Waals surface area (Å²) in [6, 6.07) is 8.24. The molecule has 0 saturated heterocycles. The Labute approximate surface area is 133 Å². The summed E-state index contributed by atoms with van der Waals surface area (Å²) >= 11 is 0. The number of rotatable bonds is 11. The molecule has 1 aromatic carbocycles. The van der Waals surface area contributed by atoms with Gasteiger partial charge in [-0.1, -0.05) is 18.2 Å². The van der Waals surface area contributed by atoms with Crippen LogP contribution >= 0.6 is 0 Å². The molecule has 0 spiro atoms. The lowest BCUT2D eigenvalue weighted by Gasteiger charge is -2.16. The zero-order chi connectivity index (χ0) is 15.8. The third-order valence-corrected chi connectivity index (χ3v) is 4.10. The molecule has 1 fully saturated rings. The van der Waals surface area contributed by atoms with Crippen molar-refractivity contribution in [1.29, 1.82) is 0 Å². The van der Waals surface area contributed by atoms with E-state index in [1.165, 1.54) is 18.4 Å². The molecule has 4 nitrogen and oxygen atoms in total. The monoisotopic (exact) mass is 304 g/mol. The van der Waals surface area contributed by atoms with Gasteiger partial charge in [-0.05, 0) is 63.7 Å². The largest absolute Gasteiger partial charge is 0.492 e. The lowest BCUT2D eigenvalue weighted by Crippen LogP contribution is -2.39. The van der Waals surface area contributed by atoms with E-state index in [1.54, 1.807) is 6.92 Å². The zero-order valence-electron chi connectivity index (χ0n) is 13.7. The Bertz CT molecular complexity index is 472. The van der Waals surface area contributed by atoms with Gasteiger partial charge in [0.15, 0.2) is 0 Å². The van der Waals surface area contributed by atoms with Crippen molar-refractivity contribution in [2.24, 2.45) is 5.92 Å². The van der Waals surface area contributed by atoms with Gasteiger partial charge >= 0.3 is 0 Å². The first-order chi connectivity index (χ1) is 10.7. The van der Waals surface area contributed by atoms with E-state index in [1.807, 2.05) is 19.2 Å². The normalized spacial score (nSPS) is 15.5. The average molecular weight is 304 g/mol. The van der Waals surface area contributed by atoms with Crippen LogP contribution in [0.2, 0.25) is 0 Å². The number of benzene rings is 1. The number of nitrogens with one attached hydrogen (secondary N) is 2. The molecule has 0 radical (unpaired) electrons. The van der Waals surface area contributed by atoms with Crippen molar-refractivity contribution >= 4 is 5.78 Å². The average Bonchev–Trinajstić information content (AvgIpc) is 3.33. The van der Waals surface area contributed by atoms with Crippen LogP contribution in [0.3, 0.4) is 0 Å². The predicted molar refractivity (Wildman–Crippen MR) is 89.4 cm³/mol. The summed E-state index contributed by atoms with van der Waals surface area (Å²) in [4.78, 5) is 11.6. The second-order valence-corrected chi connectivity index (χ2v) is 6.04. The van der Waals surface area contributed by atoms with E-state index >= 15 is 0 Å². The molecule has 1 aliphatic carbocycles. The highest BCUT2D eigenvalue weighted by Crippen LogP contribution is 2.32. The standard InChI is InChI=1S/C18H28N2O2/c1-14(21)18(16-9-10-16)20-12-13-22-17-8-4-3-6-15(17)7-5-11-19-2/h3-4,6,8,16,18-20H,5,7,9-13H2,1-2H3/t18-/m1/s1. The van der Waals surface area contributed by atoms with Crippen molar-refractivity contribution in [3.63, 3.8) is 0 Å². The van der Waals surface area contributed by atoms with Gasteiger partial charge in [-0.3, -0.25) is 4.79 Å². The lowest BCUT2D eigenvalue weighted by molar-refractivity contribution is -0.119. The number of carbonyl (C=O) groups excluding carboxylic acids is 1. The van der Waals surface area contributed by atoms with Crippen LogP contribution in [0.5, 0.6) is 5.75 Å². The van der Waals surface area contributed by atoms with Gasteiger partial charge in [0.05, 0.1) is 6.04 Å². The number of hydrogen-bond donors (Lipinski definition) is 2. The minimum absolute atomic E-state index is 0.0227. The molecule has 0 aromatic heterocycles. The molecule has 0 amide bonds. The summed E-state index contributed by atoms with van der Waals surface area (Å²) in [5, 5.41) is 6.51. The smallest absolute Gasteiger partial charge is 0.146 e. The van der Waals surface area contributed by atoms with Crippen molar-refractivity contribution in [3.05, 3.63) is 29.8 Å². The van der Waals surface area contributed by atoms with Gasteiger partial charge in [0.2, 0.25) is 0 Å². The molecular formula is C18H28N2O2. The van der Waals surface area contributed by atoms with Gasteiger partial charge in [0, 0.05) is 6.54 Å². The Morgan fingerprint density at radius 2 is 2.09 bits per heavy atom. The number of carbonyl (C=O) groups is 1. The number of para-hydroxylation sites is 1. The van der Waals surface area contributed by atoms with Crippen LogP contribution in [0.15, 0.2) is 24.3 Å². The Hall–Kier alpha value is -1.39. The van der Waals surface area contributed by atoms with Crippen LogP contribution in [0, 0.1) is 5.92 Å². The number of ether oxygens (including phenoxy) is 1. The second kappa shape index (κ2) is 8.91. The molecule has 4 heteroatoms. The van der Waals surface area contributed by atoms with E-state index in [9.17, 15) is 4.79 Å². The van der Waals surface area contributed by atoms with E-state index in [4.69, 9.17) is 4.74 Å². The molecule has 1 aromatic rings. The van der Waals surface area contributed by atoms with Crippen molar-refractivity contribution in [1.82, 2.24) is 10.6 Å². The maximum Gasteiger partial charge on any atom is 0.146 e. The van der Waals surface area contributed by atoms with E-state index in [0.29, 0.717) is 19.1 Å². The Morgan fingerprint density at radius 3 is 2.77 bits per heavy atom. The van der Waals surface area contributed by atoms with Crippen LogP contribution in [0.4, 0.5) is 0 Å². The van der Waals surface area contributed by atoms with Gasteiger partial charge < -0.3 is 15.4 Å². The zero-order valence-corrected chi connectivity index (χ0v) is 13.7. The van der Waals surface area contributed by atoms with Crippen LogP contribution in [0.25, 0.3) is 0 Å². The third kappa shape index (κ3) is 5.43. The Kier molecular flexibility index (Phi) is 6.87. The first-order valence-corrected chi connectivity index (χ1v) is 8.31.